The van der Waals surface area contributed by atoms with Gasteiger partial charge in [0, 0.05) is 13.1 Å². The zero-order valence-corrected chi connectivity index (χ0v) is 23.6. The molecule has 3 aromatic rings. The maximum atomic E-state index is 13.9. The number of likely N-dealkylation sites (N-methyl/N-ethyl adjacent to an activating group) is 1. The van der Waals surface area contributed by atoms with E-state index < -0.39 is 28.5 Å². The Morgan fingerprint density at radius 3 is 2.13 bits per heavy atom. The summed E-state index contributed by atoms with van der Waals surface area (Å²) in [6.45, 7) is 3.68. The highest BCUT2D eigenvalue weighted by molar-refractivity contribution is 7.92. The van der Waals surface area contributed by atoms with Crippen LogP contribution in [-0.2, 0) is 26.0 Å². The summed E-state index contributed by atoms with van der Waals surface area (Å²) >= 11 is 12.7. The molecule has 3 rings (SSSR count). The molecule has 202 valence electrons. The molecule has 0 aliphatic carbocycles. The van der Waals surface area contributed by atoms with Crippen molar-refractivity contribution in [2.24, 2.45) is 0 Å². The van der Waals surface area contributed by atoms with E-state index in [4.69, 9.17) is 23.2 Å². The first-order chi connectivity index (χ1) is 18.2. The van der Waals surface area contributed by atoms with Gasteiger partial charge in [-0.05, 0) is 49.6 Å². The van der Waals surface area contributed by atoms with Crippen LogP contribution in [0.3, 0.4) is 0 Å². The second-order valence-corrected chi connectivity index (χ2v) is 11.2. The van der Waals surface area contributed by atoms with Gasteiger partial charge >= 0.3 is 0 Å². The summed E-state index contributed by atoms with van der Waals surface area (Å²) < 4.78 is 28.5. The molecule has 3 aromatic carbocycles. The van der Waals surface area contributed by atoms with Crippen molar-refractivity contribution in [1.82, 2.24) is 10.2 Å². The van der Waals surface area contributed by atoms with Crippen molar-refractivity contribution in [3.8, 4) is 0 Å². The van der Waals surface area contributed by atoms with E-state index in [0.717, 1.165) is 9.87 Å². The van der Waals surface area contributed by atoms with Gasteiger partial charge in [0.05, 0.1) is 20.6 Å². The van der Waals surface area contributed by atoms with Gasteiger partial charge in [-0.15, -0.1) is 0 Å². The number of carbonyl (C=O) groups excluding carboxylic acids is 2. The van der Waals surface area contributed by atoms with Gasteiger partial charge < -0.3 is 10.2 Å². The van der Waals surface area contributed by atoms with Crippen LogP contribution in [0.15, 0.2) is 83.8 Å². The molecule has 0 aliphatic heterocycles. The largest absolute Gasteiger partial charge is 0.355 e. The van der Waals surface area contributed by atoms with E-state index >= 15 is 0 Å². The quantitative estimate of drug-likeness (QED) is 0.322. The third-order valence-corrected chi connectivity index (χ3v) is 8.61. The molecule has 10 heteroatoms. The van der Waals surface area contributed by atoms with E-state index in [1.54, 1.807) is 31.2 Å². The lowest BCUT2D eigenvalue weighted by molar-refractivity contribution is -0.139. The molecular formula is C28H31Cl2N3O4S. The number of anilines is 1. The van der Waals surface area contributed by atoms with Gasteiger partial charge in [0.25, 0.3) is 10.0 Å². The Morgan fingerprint density at radius 1 is 0.895 bits per heavy atom. The van der Waals surface area contributed by atoms with Crippen molar-refractivity contribution in [3.63, 3.8) is 0 Å². The topological polar surface area (TPSA) is 86.8 Å². The molecule has 2 amide bonds. The van der Waals surface area contributed by atoms with E-state index in [1.807, 2.05) is 37.3 Å². The van der Waals surface area contributed by atoms with Crippen molar-refractivity contribution in [2.45, 2.75) is 37.6 Å². The first-order valence-electron chi connectivity index (χ1n) is 12.3. The third kappa shape index (κ3) is 7.07. The van der Waals surface area contributed by atoms with Crippen LogP contribution in [0.5, 0.6) is 0 Å². The van der Waals surface area contributed by atoms with E-state index in [0.29, 0.717) is 19.4 Å². The number of hydrogen-bond donors (Lipinski definition) is 1. The van der Waals surface area contributed by atoms with Crippen LogP contribution in [0.4, 0.5) is 5.69 Å². The summed E-state index contributed by atoms with van der Waals surface area (Å²) in [6, 6.07) is 21.2. The fraction of sp³-hybridized carbons (Fsp3) is 0.286. The van der Waals surface area contributed by atoms with Crippen molar-refractivity contribution < 1.29 is 18.0 Å². The average Bonchev–Trinajstić information content (AvgIpc) is 2.92. The number of nitrogens with zero attached hydrogens (tertiary/aromatic N) is 2. The molecule has 0 fully saturated rings. The third-order valence-electron chi connectivity index (χ3n) is 6.03. The lowest BCUT2D eigenvalue weighted by Crippen LogP contribution is -2.53. The molecule has 0 unspecified atom stereocenters. The lowest BCUT2D eigenvalue weighted by Gasteiger charge is -2.33. The average molecular weight is 577 g/mol. The Morgan fingerprint density at radius 2 is 1.53 bits per heavy atom. The molecule has 0 spiro atoms. The first kappa shape index (κ1) is 29.5. The summed E-state index contributed by atoms with van der Waals surface area (Å²) in [5.41, 5.74) is 1.06. The highest BCUT2D eigenvalue weighted by Gasteiger charge is 2.34. The molecule has 0 heterocycles. The van der Waals surface area contributed by atoms with Gasteiger partial charge in [-0.1, -0.05) is 84.7 Å². The monoisotopic (exact) mass is 575 g/mol. The van der Waals surface area contributed by atoms with Gasteiger partial charge in [0.15, 0.2) is 0 Å². The SMILES string of the molecule is CCNC(=O)[C@@H](CC)N(CCc1ccccc1)C(=O)CN(c1cccc(Cl)c1Cl)S(=O)(=O)c1ccccc1. The fourth-order valence-electron chi connectivity index (χ4n) is 4.11. The van der Waals surface area contributed by atoms with Gasteiger partial charge in [0.1, 0.15) is 12.6 Å². The minimum Gasteiger partial charge on any atom is -0.355 e. The Balaban J connectivity index is 2.03. The standard InChI is InChI=1S/C28H31Cl2N3O4S/c1-3-24(28(35)31-4-2)32(19-18-21-12-7-5-8-13-21)26(34)20-33(25-17-11-16-23(29)27(25)30)38(36,37)22-14-9-6-10-15-22/h5-17,24H,3-4,18-20H2,1-2H3,(H,31,35)/t24-/m1/s1. The molecule has 1 atom stereocenters. The summed E-state index contributed by atoms with van der Waals surface area (Å²) in [4.78, 5) is 28.3. The zero-order chi connectivity index (χ0) is 27.7. The Hall–Kier alpha value is -3.07. The first-order valence-corrected chi connectivity index (χ1v) is 14.5. The maximum Gasteiger partial charge on any atom is 0.264 e. The molecule has 38 heavy (non-hydrogen) atoms. The second kappa shape index (κ2) is 13.6. The van der Waals surface area contributed by atoms with Crippen molar-refractivity contribution >= 4 is 50.7 Å². The van der Waals surface area contributed by atoms with Crippen LogP contribution in [0.2, 0.25) is 10.0 Å². The minimum atomic E-state index is -4.21. The number of nitrogens with one attached hydrogen (secondary N) is 1. The van der Waals surface area contributed by atoms with Crippen LogP contribution in [0, 0.1) is 0 Å². The van der Waals surface area contributed by atoms with E-state index in [1.165, 1.54) is 29.2 Å². The summed E-state index contributed by atoms with van der Waals surface area (Å²) in [7, 11) is -4.21. The Kier molecular flexibility index (Phi) is 10.6. The fourth-order valence-corrected chi connectivity index (χ4v) is 6.00. The lowest BCUT2D eigenvalue weighted by atomic mass is 10.1. The Bertz CT molecular complexity index is 1340. The number of benzene rings is 3. The molecule has 0 aromatic heterocycles. The molecule has 0 aliphatic rings. The van der Waals surface area contributed by atoms with Gasteiger partial charge in [0.2, 0.25) is 11.8 Å². The molecule has 1 N–H and O–H groups in total. The smallest absolute Gasteiger partial charge is 0.264 e. The van der Waals surface area contributed by atoms with Crippen LogP contribution in [-0.4, -0.2) is 50.8 Å². The normalized spacial score (nSPS) is 12.0. The van der Waals surface area contributed by atoms with Crippen molar-refractivity contribution in [3.05, 3.63) is 94.5 Å². The van der Waals surface area contributed by atoms with Crippen molar-refractivity contribution in [1.29, 1.82) is 0 Å². The molecule has 0 saturated heterocycles. The van der Waals surface area contributed by atoms with E-state index in [2.05, 4.69) is 5.32 Å². The summed E-state index contributed by atoms with van der Waals surface area (Å²) in [5, 5.41) is 2.94. The number of rotatable bonds is 12. The molecular weight excluding hydrogens is 545 g/mol. The molecule has 0 saturated carbocycles. The Labute approximate surface area is 234 Å². The molecule has 0 radical (unpaired) electrons. The maximum absolute atomic E-state index is 13.9. The number of amides is 2. The zero-order valence-electron chi connectivity index (χ0n) is 21.3. The predicted molar refractivity (Wildman–Crippen MR) is 152 cm³/mol. The van der Waals surface area contributed by atoms with Gasteiger partial charge in [-0.25, -0.2) is 8.42 Å². The van der Waals surface area contributed by atoms with Gasteiger partial charge in [-0.2, -0.15) is 0 Å². The summed E-state index contributed by atoms with van der Waals surface area (Å²) in [5.74, 6) is -0.829. The number of sulfonamides is 1. The van der Waals surface area contributed by atoms with Gasteiger partial charge in [-0.3, -0.25) is 13.9 Å². The van der Waals surface area contributed by atoms with E-state index in [9.17, 15) is 18.0 Å². The highest BCUT2D eigenvalue weighted by Crippen LogP contribution is 2.35. The van der Waals surface area contributed by atoms with Crippen LogP contribution < -0.4 is 9.62 Å². The minimum absolute atomic E-state index is 0.00422. The van der Waals surface area contributed by atoms with Crippen LogP contribution in [0.25, 0.3) is 0 Å². The predicted octanol–water partition coefficient (Wildman–Crippen LogP) is 5.17. The molecule has 0 bridgehead atoms. The van der Waals surface area contributed by atoms with Crippen molar-refractivity contribution in [2.75, 3.05) is 23.9 Å². The molecule has 7 nitrogen and oxygen atoms in total. The van der Waals surface area contributed by atoms with Crippen LogP contribution >= 0.6 is 23.2 Å². The second-order valence-electron chi connectivity index (χ2n) is 8.54. The van der Waals surface area contributed by atoms with Crippen LogP contribution in [0.1, 0.15) is 25.8 Å². The summed E-state index contributed by atoms with van der Waals surface area (Å²) in [6.07, 6.45) is 0.849. The highest BCUT2D eigenvalue weighted by atomic mass is 35.5. The number of hydrogen-bond acceptors (Lipinski definition) is 4. The number of halogens is 2. The van der Waals surface area contributed by atoms with E-state index in [-0.39, 0.29) is 33.1 Å². The number of carbonyl (C=O) groups is 2.